The first-order valence-electron chi connectivity index (χ1n) is 5.30. The van der Waals surface area contributed by atoms with Gasteiger partial charge in [0.25, 0.3) is 5.91 Å². The fourth-order valence-corrected chi connectivity index (χ4v) is 2.80. The van der Waals surface area contributed by atoms with Crippen molar-refractivity contribution in [2.24, 2.45) is 0 Å². The van der Waals surface area contributed by atoms with E-state index in [0.717, 1.165) is 3.79 Å². The van der Waals surface area contributed by atoms with E-state index in [4.69, 9.17) is 4.42 Å². The second-order valence-electron chi connectivity index (χ2n) is 3.82. The maximum Gasteiger partial charge on any atom is 0.417 e. The maximum atomic E-state index is 11.9. The summed E-state index contributed by atoms with van der Waals surface area (Å²) in [6.45, 7) is 0. The van der Waals surface area contributed by atoms with E-state index in [2.05, 4.69) is 26.2 Å². The number of anilines is 1. The minimum Gasteiger partial charge on any atom is -0.408 e. The molecule has 1 amide bonds. The number of aromatic nitrogens is 1. The molecule has 0 aliphatic rings. The Morgan fingerprint density at radius 1 is 1.37 bits per heavy atom. The predicted octanol–water partition coefficient (Wildman–Crippen LogP) is 3.20. The van der Waals surface area contributed by atoms with Gasteiger partial charge in [-0.15, -0.1) is 11.3 Å². The van der Waals surface area contributed by atoms with Crippen LogP contribution in [0.2, 0.25) is 0 Å². The number of hydrogen-bond acceptors (Lipinski definition) is 4. The average Bonchev–Trinajstić information content (AvgIpc) is 2.93. The molecule has 3 rings (SSSR count). The van der Waals surface area contributed by atoms with Crippen LogP contribution in [0.15, 0.2) is 42.6 Å². The van der Waals surface area contributed by atoms with Crippen LogP contribution >= 0.6 is 27.3 Å². The summed E-state index contributed by atoms with van der Waals surface area (Å²) in [4.78, 5) is 25.5. The molecule has 2 N–H and O–H groups in total. The Kier molecular flexibility index (Phi) is 3.00. The monoisotopic (exact) mass is 338 g/mol. The van der Waals surface area contributed by atoms with Crippen molar-refractivity contribution in [3.63, 3.8) is 0 Å². The number of thiophene rings is 1. The van der Waals surface area contributed by atoms with E-state index in [1.807, 2.05) is 0 Å². The molecular formula is C12H7BrN2O3S. The molecule has 3 aromatic rings. The van der Waals surface area contributed by atoms with E-state index in [0.29, 0.717) is 22.4 Å². The molecule has 5 nitrogen and oxygen atoms in total. The lowest BCUT2D eigenvalue weighted by Crippen LogP contribution is -2.10. The van der Waals surface area contributed by atoms with Gasteiger partial charge in [-0.05, 0) is 40.2 Å². The molecule has 0 saturated carbocycles. The maximum absolute atomic E-state index is 11.9. The Morgan fingerprint density at radius 2 is 2.21 bits per heavy atom. The lowest BCUT2D eigenvalue weighted by Gasteiger charge is -2.02. The summed E-state index contributed by atoms with van der Waals surface area (Å²) >= 11 is 4.75. The summed E-state index contributed by atoms with van der Waals surface area (Å²) in [6.07, 6.45) is 0. The number of halogens is 1. The van der Waals surface area contributed by atoms with Crippen molar-refractivity contribution in [1.82, 2.24) is 4.98 Å². The Balaban J connectivity index is 1.88. The molecule has 7 heteroatoms. The van der Waals surface area contributed by atoms with Gasteiger partial charge < -0.3 is 9.73 Å². The van der Waals surface area contributed by atoms with Gasteiger partial charge in [0, 0.05) is 11.1 Å². The molecule has 0 atom stereocenters. The van der Waals surface area contributed by atoms with E-state index in [1.165, 1.54) is 11.3 Å². The van der Waals surface area contributed by atoms with Crippen molar-refractivity contribution in [3.8, 4) is 0 Å². The number of H-pyrrole nitrogens is 1. The van der Waals surface area contributed by atoms with E-state index in [9.17, 15) is 9.59 Å². The van der Waals surface area contributed by atoms with Crippen molar-refractivity contribution in [2.45, 2.75) is 0 Å². The van der Waals surface area contributed by atoms with Crippen LogP contribution in [-0.2, 0) is 0 Å². The lowest BCUT2D eigenvalue weighted by molar-refractivity contribution is 0.102. The molecule has 19 heavy (non-hydrogen) atoms. The number of benzene rings is 1. The van der Waals surface area contributed by atoms with Crippen LogP contribution in [0.1, 0.15) is 10.4 Å². The van der Waals surface area contributed by atoms with Crippen molar-refractivity contribution >= 4 is 50.0 Å². The highest BCUT2D eigenvalue weighted by Gasteiger charge is 2.09. The lowest BCUT2D eigenvalue weighted by atomic mass is 10.2. The fourth-order valence-electron chi connectivity index (χ4n) is 1.66. The van der Waals surface area contributed by atoms with Crippen molar-refractivity contribution in [2.75, 3.05) is 5.32 Å². The van der Waals surface area contributed by atoms with E-state index in [-0.39, 0.29) is 5.91 Å². The Labute approximate surface area is 119 Å². The predicted molar refractivity (Wildman–Crippen MR) is 76.8 cm³/mol. The van der Waals surface area contributed by atoms with Gasteiger partial charge in [0.05, 0.1) is 14.9 Å². The van der Waals surface area contributed by atoms with Crippen molar-refractivity contribution < 1.29 is 9.21 Å². The molecule has 1 aromatic carbocycles. The Bertz CT molecular complexity index is 818. The number of carbonyl (C=O) groups is 1. The zero-order valence-corrected chi connectivity index (χ0v) is 11.8. The largest absolute Gasteiger partial charge is 0.417 e. The average molecular weight is 339 g/mol. The second kappa shape index (κ2) is 4.67. The van der Waals surface area contributed by atoms with Crippen LogP contribution in [0.5, 0.6) is 0 Å². The standard InChI is InChI=1S/C12H7BrN2O3S/c13-10-3-6(5-19-10)11(16)14-7-1-2-9-8(4-7)15-12(17)18-9/h1-5H,(H,14,16)(H,15,17). The molecular weight excluding hydrogens is 332 g/mol. The van der Waals surface area contributed by atoms with Gasteiger partial charge in [0.1, 0.15) is 0 Å². The molecule has 0 unspecified atom stereocenters. The van der Waals surface area contributed by atoms with Crippen LogP contribution in [-0.4, -0.2) is 10.9 Å². The molecule has 0 radical (unpaired) electrons. The number of fused-ring (bicyclic) bond motifs is 1. The first-order chi connectivity index (χ1) is 9.11. The highest BCUT2D eigenvalue weighted by atomic mass is 79.9. The first-order valence-corrected chi connectivity index (χ1v) is 6.97. The molecule has 0 saturated heterocycles. The molecule has 0 spiro atoms. The zero-order valence-electron chi connectivity index (χ0n) is 9.40. The van der Waals surface area contributed by atoms with Gasteiger partial charge in [-0.1, -0.05) is 0 Å². The van der Waals surface area contributed by atoms with Gasteiger partial charge in [-0.3, -0.25) is 9.78 Å². The SMILES string of the molecule is O=C(Nc1ccc2oc(=O)[nH]c2c1)c1csc(Br)c1. The molecule has 2 aromatic heterocycles. The zero-order chi connectivity index (χ0) is 13.4. The highest BCUT2D eigenvalue weighted by molar-refractivity contribution is 9.11. The van der Waals surface area contributed by atoms with Crippen LogP contribution in [0.4, 0.5) is 5.69 Å². The molecule has 0 bridgehead atoms. The summed E-state index contributed by atoms with van der Waals surface area (Å²) in [7, 11) is 0. The molecule has 2 heterocycles. The van der Waals surface area contributed by atoms with Crippen LogP contribution in [0.3, 0.4) is 0 Å². The summed E-state index contributed by atoms with van der Waals surface area (Å²) in [6, 6.07) is 6.71. The number of aromatic amines is 1. The Hall–Kier alpha value is -1.86. The fraction of sp³-hybridized carbons (Fsp3) is 0. The molecule has 0 fully saturated rings. The van der Waals surface area contributed by atoms with Crippen LogP contribution < -0.4 is 11.1 Å². The Morgan fingerprint density at radius 3 is 2.95 bits per heavy atom. The molecule has 0 aliphatic carbocycles. The summed E-state index contributed by atoms with van der Waals surface area (Å²) in [5.41, 5.74) is 2.19. The summed E-state index contributed by atoms with van der Waals surface area (Å²) < 4.78 is 5.78. The van der Waals surface area contributed by atoms with Crippen molar-refractivity contribution in [1.29, 1.82) is 0 Å². The summed E-state index contributed by atoms with van der Waals surface area (Å²) in [5, 5.41) is 4.52. The minimum atomic E-state index is -0.514. The van der Waals surface area contributed by atoms with Crippen molar-refractivity contribution in [3.05, 3.63) is 49.5 Å². The smallest absolute Gasteiger partial charge is 0.408 e. The summed E-state index contributed by atoms with van der Waals surface area (Å²) in [5.74, 6) is -0.715. The van der Waals surface area contributed by atoms with Gasteiger partial charge in [-0.25, -0.2) is 4.79 Å². The quantitative estimate of drug-likeness (QED) is 0.753. The molecule has 96 valence electrons. The first kappa shape index (κ1) is 12.2. The van der Waals surface area contributed by atoms with Gasteiger partial charge in [0.15, 0.2) is 5.58 Å². The third-order valence-corrected chi connectivity index (χ3v) is 4.01. The molecule has 0 aliphatic heterocycles. The van der Waals surface area contributed by atoms with Gasteiger partial charge in [-0.2, -0.15) is 0 Å². The number of oxazole rings is 1. The van der Waals surface area contributed by atoms with Gasteiger partial charge >= 0.3 is 5.76 Å². The number of hydrogen-bond donors (Lipinski definition) is 2. The number of amides is 1. The van der Waals surface area contributed by atoms with E-state index >= 15 is 0 Å². The number of carbonyl (C=O) groups excluding carboxylic acids is 1. The van der Waals surface area contributed by atoms with Crippen LogP contribution in [0, 0.1) is 0 Å². The minimum absolute atomic E-state index is 0.202. The van der Waals surface area contributed by atoms with Gasteiger partial charge in [0.2, 0.25) is 0 Å². The van der Waals surface area contributed by atoms with E-state index < -0.39 is 5.76 Å². The number of nitrogens with one attached hydrogen (secondary N) is 2. The van der Waals surface area contributed by atoms with E-state index in [1.54, 1.807) is 29.6 Å². The van der Waals surface area contributed by atoms with Crippen LogP contribution in [0.25, 0.3) is 11.1 Å². The highest BCUT2D eigenvalue weighted by Crippen LogP contribution is 2.22. The second-order valence-corrected chi connectivity index (χ2v) is 6.11. The number of rotatable bonds is 2. The topological polar surface area (TPSA) is 75.1 Å². The third-order valence-electron chi connectivity index (χ3n) is 2.51. The third kappa shape index (κ3) is 2.47. The normalized spacial score (nSPS) is 10.8.